The van der Waals surface area contributed by atoms with Gasteiger partial charge in [0.05, 0.1) is 0 Å². The van der Waals surface area contributed by atoms with E-state index in [2.05, 4.69) is 11.8 Å². The molecule has 1 aliphatic rings. The number of carbonyl (C=O) groups is 1. The van der Waals surface area contributed by atoms with Gasteiger partial charge in [0.15, 0.2) is 5.78 Å². The molecule has 0 radical (unpaired) electrons. The number of hydrogen-bond donors (Lipinski definition) is 1. The first-order chi connectivity index (χ1) is 9.60. The SMILES string of the molecule is CCC1CCCN(Cc2cc(C(C)=O)ccc2O)CC1. The molecule has 1 atom stereocenters. The van der Waals surface area contributed by atoms with E-state index in [-0.39, 0.29) is 5.78 Å². The second kappa shape index (κ2) is 6.89. The molecule has 1 aliphatic heterocycles. The third-order valence-corrected chi connectivity index (χ3v) is 4.40. The van der Waals surface area contributed by atoms with E-state index in [1.54, 1.807) is 19.1 Å². The minimum Gasteiger partial charge on any atom is -0.508 e. The Kier molecular flexibility index (Phi) is 5.18. The Balaban J connectivity index is 2.05. The number of ketones is 1. The minimum absolute atomic E-state index is 0.0492. The largest absolute Gasteiger partial charge is 0.508 e. The highest BCUT2D eigenvalue weighted by Crippen LogP contribution is 2.24. The molecular formula is C17H25NO2. The highest BCUT2D eigenvalue weighted by molar-refractivity contribution is 5.94. The summed E-state index contributed by atoms with van der Waals surface area (Å²) in [4.78, 5) is 13.8. The van der Waals surface area contributed by atoms with Crippen molar-refractivity contribution in [1.82, 2.24) is 4.90 Å². The molecule has 1 aromatic rings. The average Bonchev–Trinajstić information content (AvgIpc) is 2.66. The van der Waals surface area contributed by atoms with Crippen molar-refractivity contribution in [2.45, 2.75) is 46.1 Å². The number of carbonyl (C=O) groups excluding carboxylic acids is 1. The molecule has 110 valence electrons. The van der Waals surface area contributed by atoms with E-state index in [0.29, 0.717) is 11.3 Å². The normalized spacial score (nSPS) is 20.6. The molecule has 0 bridgehead atoms. The second-order valence-electron chi connectivity index (χ2n) is 5.88. The summed E-state index contributed by atoms with van der Waals surface area (Å²) in [6.07, 6.45) is 5.04. The van der Waals surface area contributed by atoms with Gasteiger partial charge in [-0.3, -0.25) is 9.69 Å². The molecule has 2 rings (SSSR count). The van der Waals surface area contributed by atoms with E-state index in [9.17, 15) is 9.90 Å². The van der Waals surface area contributed by atoms with Crippen molar-refractivity contribution >= 4 is 5.78 Å². The summed E-state index contributed by atoms with van der Waals surface area (Å²) in [5.41, 5.74) is 1.55. The second-order valence-corrected chi connectivity index (χ2v) is 5.88. The summed E-state index contributed by atoms with van der Waals surface area (Å²) in [5, 5.41) is 9.98. The van der Waals surface area contributed by atoms with Crippen molar-refractivity contribution in [2.75, 3.05) is 13.1 Å². The van der Waals surface area contributed by atoms with E-state index in [4.69, 9.17) is 0 Å². The fourth-order valence-corrected chi connectivity index (χ4v) is 2.96. The van der Waals surface area contributed by atoms with Crippen LogP contribution in [0.15, 0.2) is 18.2 Å². The van der Waals surface area contributed by atoms with Crippen LogP contribution in [0.1, 0.15) is 55.5 Å². The molecule has 0 amide bonds. The number of nitrogens with zero attached hydrogens (tertiary/aromatic N) is 1. The summed E-state index contributed by atoms with van der Waals surface area (Å²) in [6.45, 7) is 6.74. The topological polar surface area (TPSA) is 40.5 Å². The Morgan fingerprint density at radius 2 is 2.15 bits per heavy atom. The van der Waals surface area contributed by atoms with Crippen molar-refractivity contribution in [1.29, 1.82) is 0 Å². The third-order valence-electron chi connectivity index (χ3n) is 4.40. The number of hydrogen-bond acceptors (Lipinski definition) is 3. The number of likely N-dealkylation sites (tertiary alicyclic amines) is 1. The molecule has 20 heavy (non-hydrogen) atoms. The molecule has 0 aliphatic carbocycles. The smallest absolute Gasteiger partial charge is 0.159 e. The number of Topliss-reactive ketones (excluding diaryl/α,β-unsaturated/α-hetero) is 1. The molecule has 1 N–H and O–H groups in total. The van der Waals surface area contributed by atoms with Crippen LogP contribution < -0.4 is 0 Å². The lowest BCUT2D eigenvalue weighted by Gasteiger charge is -2.21. The van der Waals surface area contributed by atoms with Gasteiger partial charge in [0, 0.05) is 17.7 Å². The molecule has 1 fully saturated rings. The highest BCUT2D eigenvalue weighted by Gasteiger charge is 2.17. The van der Waals surface area contributed by atoms with Crippen LogP contribution in [0.5, 0.6) is 5.75 Å². The summed E-state index contributed by atoms with van der Waals surface area (Å²) in [5.74, 6) is 1.19. The molecule has 3 nitrogen and oxygen atoms in total. The zero-order valence-electron chi connectivity index (χ0n) is 12.6. The highest BCUT2D eigenvalue weighted by atomic mass is 16.3. The van der Waals surface area contributed by atoms with E-state index in [1.165, 1.54) is 25.7 Å². The maximum absolute atomic E-state index is 11.4. The van der Waals surface area contributed by atoms with Crippen LogP contribution in [0.3, 0.4) is 0 Å². The van der Waals surface area contributed by atoms with Crippen LogP contribution in [0.25, 0.3) is 0 Å². The molecule has 3 heteroatoms. The first kappa shape index (κ1) is 15.0. The number of rotatable bonds is 4. The van der Waals surface area contributed by atoms with Crippen LogP contribution in [0.4, 0.5) is 0 Å². The van der Waals surface area contributed by atoms with Crippen molar-refractivity contribution in [3.63, 3.8) is 0 Å². The van der Waals surface area contributed by atoms with Gasteiger partial charge < -0.3 is 5.11 Å². The third kappa shape index (κ3) is 3.83. The number of aromatic hydroxyl groups is 1. The van der Waals surface area contributed by atoms with E-state index in [1.807, 2.05) is 6.07 Å². The lowest BCUT2D eigenvalue weighted by Crippen LogP contribution is -2.24. The lowest BCUT2D eigenvalue weighted by atomic mass is 9.98. The number of benzene rings is 1. The first-order valence-electron chi connectivity index (χ1n) is 7.65. The van der Waals surface area contributed by atoms with Crippen molar-refractivity contribution in [2.24, 2.45) is 5.92 Å². The molecule has 1 aromatic carbocycles. The van der Waals surface area contributed by atoms with Crippen LogP contribution in [-0.2, 0) is 6.54 Å². The van der Waals surface area contributed by atoms with Gasteiger partial charge in [-0.1, -0.05) is 13.3 Å². The zero-order chi connectivity index (χ0) is 14.5. The Hall–Kier alpha value is -1.35. The van der Waals surface area contributed by atoms with E-state index in [0.717, 1.165) is 31.1 Å². The van der Waals surface area contributed by atoms with Gasteiger partial charge >= 0.3 is 0 Å². The molecule has 0 spiro atoms. The van der Waals surface area contributed by atoms with E-state index >= 15 is 0 Å². The average molecular weight is 275 g/mol. The number of phenolic OH excluding ortho intramolecular Hbond substituents is 1. The summed E-state index contributed by atoms with van der Waals surface area (Å²) >= 11 is 0. The Labute approximate surface area is 121 Å². The maximum Gasteiger partial charge on any atom is 0.159 e. The minimum atomic E-state index is 0.0492. The lowest BCUT2D eigenvalue weighted by molar-refractivity contribution is 0.101. The molecule has 1 heterocycles. The number of phenols is 1. The first-order valence-corrected chi connectivity index (χ1v) is 7.65. The molecule has 1 saturated heterocycles. The predicted octanol–water partition coefficient (Wildman–Crippen LogP) is 3.61. The van der Waals surface area contributed by atoms with Gasteiger partial charge in [0.2, 0.25) is 0 Å². The van der Waals surface area contributed by atoms with Gasteiger partial charge in [-0.15, -0.1) is 0 Å². The van der Waals surface area contributed by atoms with E-state index < -0.39 is 0 Å². The standard InChI is InChI=1S/C17H25NO2/c1-3-14-5-4-9-18(10-8-14)12-16-11-15(13(2)19)6-7-17(16)20/h6-7,11,14,20H,3-5,8-10,12H2,1-2H3. The Morgan fingerprint density at radius 3 is 2.85 bits per heavy atom. The molecule has 1 unspecified atom stereocenters. The maximum atomic E-state index is 11.4. The summed E-state index contributed by atoms with van der Waals surface area (Å²) < 4.78 is 0. The van der Waals surface area contributed by atoms with Crippen molar-refractivity contribution < 1.29 is 9.90 Å². The fourth-order valence-electron chi connectivity index (χ4n) is 2.96. The molecule has 0 saturated carbocycles. The van der Waals surface area contributed by atoms with Gasteiger partial charge in [-0.2, -0.15) is 0 Å². The Bertz CT molecular complexity index is 470. The monoisotopic (exact) mass is 275 g/mol. The van der Waals surface area contributed by atoms with Crippen LogP contribution >= 0.6 is 0 Å². The van der Waals surface area contributed by atoms with Crippen molar-refractivity contribution in [3.05, 3.63) is 29.3 Å². The molecular weight excluding hydrogens is 250 g/mol. The van der Waals surface area contributed by atoms with Crippen LogP contribution in [0, 0.1) is 5.92 Å². The van der Waals surface area contributed by atoms with Gasteiger partial charge in [-0.05, 0) is 63.4 Å². The summed E-state index contributed by atoms with van der Waals surface area (Å²) in [6, 6.07) is 5.16. The predicted molar refractivity (Wildman–Crippen MR) is 81.0 cm³/mol. The fraction of sp³-hybridized carbons (Fsp3) is 0.588. The van der Waals surface area contributed by atoms with Gasteiger partial charge in [0.25, 0.3) is 0 Å². The Morgan fingerprint density at radius 1 is 1.35 bits per heavy atom. The van der Waals surface area contributed by atoms with Gasteiger partial charge in [-0.25, -0.2) is 0 Å². The zero-order valence-corrected chi connectivity index (χ0v) is 12.6. The molecule has 0 aromatic heterocycles. The van der Waals surface area contributed by atoms with Crippen molar-refractivity contribution in [3.8, 4) is 5.75 Å². The van der Waals surface area contributed by atoms with Gasteiger partial charge in [0.1, 0.15) is 5.75 Å². The summed E-state index contributed by atoms with van der Waals surface area (Å²) in [7, 11) is 0. The quantitative estimate of drug-likeness (QED) is 0.853. The van der Waals surface area contributed by atoms with Crippen LogP contribution in [0.2, 0.25) is 0 Å². The van der Waals surface area contributed by atoms with Crippen LogP contribution in [-0.4, -0.2) is 28.9 Å².